The maximum Gasteiger partial charge on any atom is 0.255 e. The number of amides is 1. The van der Waals surface area contributed by atoms with Gasteiger partial charge in [0.05, 0.1) is 11.3 Å². The van der Waals surface area contributed by atoms with Gasteiger partial charge in [0, 0.05) is 37.1 Å². The number of hydrogen-bond donors (Lipinski definition) is 1. The second-order valence-corrected chi connectivity index (χ2v) is 7.01. The third-order valence-corrected chi connectivity index (χ3v) is 4.74. The fourth-order valence-corrected chi connectivity index (χ4v) is 3.22. The van der Waals surface area contributed by atoms with E-state index < -0.39 is 0 Å². The first kappa shape index (κ1) is 19.9. The van der Waals surface area contributed by atoms with E-state index >= 15 is 0 Å². The van der Waals surface area contributed by atoms with Gasteiger partial charge < -0.3 is 10.2 Å². The van der Waals surface area contributed by atoms with E-state index in [-0.39, 0.29) is 5.91 Å². The largest absolute Gasteiger partial charge is 0.383 e. The van der Waals surface area contributed by atoms with Gasteiger partial charge in [0.15, 0.2) is 0 Å². The maximum atomic E-state index is 12.9. The van der Waals surface area contributed by atoms with Crippen LogP contribution in [0, 0.1) is 0 Å². The van der Waals surface area contributed by atoms with Gasteiger partial charge in [0.2, 0.25) is 0 Å². The molecule has 0 aliphatic heterocycles. The number of halogens is 1. The zero-order chi connectivity index (χ0) is 19.8. The molecule has 0 atom stereocenters. The topological polar surface area (TPSA) is 45.2 Å². The van der Waals surface area contributed by atoms with Crippen molar-refractivity contribution < 1.29 is 4.79 Å². The lowest BCUT2D eigenvalue weighted by molar-refractivity contribution is 0.0752. The Labute approximate surface area is 171 Å². The van der Waals surface area contributed by atoms with Crippen LogP contribution in [0.1, 0.15) is 28.4 Å². The first-order valence-electron chi connectivity index (χ1n) is 9.42. The van der Waals surface area contributed by atoms with Crippen LogP contribution in [0.5, 0.6) is 0 Å². The van der Waals surface area contributed by atoms with Gasteiger partial charge >= 0.3 is 0 Å². The molecular formula is C23H24ClN3O. The Bertz CT molecular complexity index is 914. The van der Waals surface area contributed by atoms with Gasteiger partial charge in [-0.3, -0.25) is 9.78 Å². The average Bonchev–Trinajstić information content (AvgIpc) is 2.72. The Hall–Kier alpha value is -2.85. The van der Waals surface area contributed by atoms with Gasteiger partial charge in [-0.1, -0.05) is 54.1 Å². The minimum Gasteiger partial charge on any atom is -0.383 e. The molecule has 0 spiro atoms. The number of rotatable bonds is 8. The molecule has 0 fully saturated rings. The lowest BCUT2D eigenvalue weighted by Gasteiger charge is -2.21. The number of carbonyl (C=O) groups is 1. The van der Waals surface area contributed by atoms with Crippen LogP contribution < -0.4 is 5.32 Å². The van der Waals surface area contributed by atoms with Crippen molar-refractivity contribution in [3.8, 4) is 0 Å². The summed E-state index contributed by atoms with van der Waals surface area (Å²) in [5.41, 5.74) is 3.70. The van der Waals surface area contributed by atoms with Crippen molar-refractivity contribution in [3.05, 3.63) is 94.8 Å². The Morgan fingerprint density at radius 1 is 1.04 bits per heavy atom. The zero-order valence-corrected chi connectivity index (χ0v) is 16.7. The molecule has 3 rings (SSSR count). The standard InChI is InChI=1S/C23H24ClN3O/c1-2-27(17-19-7-4-3-5-8-19)23(28)20-14-22(16-25-15-20)26-12-11-18-9-6-10-21(24)13-18/h3-10,13-16,26H,2,11-12,17H2,1H3. The molecule has 5 heteroatoms. The lowest BCUT2D eigenvalue weighted by Crippen LogP contribution is -2.30. The van der Waals surface area contributed by atoms with Crippen LogP contribution in [0.3, 0.4) is 0 Å². The van der Waals surface area contributed by atoms with Crippen LogP contribution in [0.25, 0.3) is 0 Å². The molecule has 3 aromatic rings. The van der Waals surface area contributed by atoms with E-state index in [1.165, 1.54) is 5.56 Å². The Morgan fingerprint density at radius 3 is 2.57 bits per heavy atom. The Balaban J connectivity index is 1.61. The summed E-state index contributed by atoms with van der Waals surface area (Å²) in [4.78, 5) is 19.0. The normalized spacial score (nSPS) is 10.5. The zero-order valence-electron chi connectivity index (χ0n) is 15.9. The van der Waals surface area contributed by atoms with Crippen molar-refractivity contribution in [2.24, 2.45) is 0 Å². The summed E-state index contributed by atoms with van der Waals surface area (Å²) in [6.45, 7) is 3.95. The molecule has 1 aromatic heterocycles. The van der Waals surface area contributed by atoms with Crippen molar-refractivity contribution in [3.63, 3.8) is 0 Å². The fourth-order valence-electron chi connectivity index (χ4n) is 3.01. The van der Waals surface area contributed by atoms with Crippen molar-refractivity contribution in [1.29, 1.82) is 0 Å². The molecule has 1 amide bonds. The summed E-state index contributed by atoms with van der Waals surface area (Å²) in [5.74, 6) is -0.0163. The second kappa shape index (κ2) is 9.90. The highest BCUT2D eigenvalue weighted by Crippen LogP contribution is 2.15. The number of nitrogens with one attached hydrogen (secondary N) is 1. The van der Waals surface area contributed by atoms with Gasteiger partial charge in [-0.2, -0.15) is 0 Å². The molecule has 28 heavy (non-hydrogen) atoms. The van der Waals surface area contributed by atoms with Crippen LogP contribution in [0.4, 0.5) is 5.69 Å². The smallest absolute Gasteiger partial charge is 0.255 e. The minimum atomic E-state index is -0.0163. The quantitative estimate of drug-likeness (QED) is 0.582. The molecule has 2 aromatic carbocycles. The molecule has 4 nitrogen and oxygen atoms in total. The van der Waals surface area contributed by atoms with E-state index in [0.717, 1.165) is 29.2 Å². The predicted molar refractivity (Wildman–Crippen MR) is 115 cm³/mol. The second-order valence-electron chi connectivity index (χ2n) is 6.57. The lowest BCUT2D eigenvalue weighted by atomic mass is 10.1. The summed E-state index contributed by atoms with van der Waals surface area (Å²) < 4.78 is 0. The van der Waals surface area contributed by atoms with E-state index in [0.29, 0.717) is 18.7 Å². The van der Waals surface area contributed by atoms with Crippen LogP contribution in [-0.2, 0) is 13.0 Å². The minimum absolute atomic E-state index is 0.0163. The summed E-state index contributed by atoms with van der Waals surface area (Å²) in [6.07, 6.45) is 4.20. The van der Waals surface area contributed by atoms with E-state index in [2.05, 4.69) is 16.4 Å². The van der Waals surface area contributed by atoms with E-state index in [1.807, 2.05) is 66.4 Å². The number of anilines is 1. The van der Waals surface area contributed by atoms with Crippen LogP contribution in [-0.4, -0.2) is 28.9 Å². The van der Waals surface area contributed by atoms with E-state index in [9.17, 15) is 4.79 Å². The highest BCUT2D eigenvalue weighted by Gasteiger charge is 2.15. The third kappa shape index (κ3) is 5.57. The number of carbonyl (C=O) groups excluding carboxylic acids is 1. The highest BCUT2D eigenvalue weighted by molar-refractivity contribution is 6.30. The van der Waals surface area contributed by atoms with Crippen LogP contribution in [0.15, 0.2) is 73.1 Å². The molecule has 0 bridgehead atoms. The molecule has 1 heterocycles. The van der Waals surface area contributed by atoms with E-state index in [1.54, 1.807) is 12.4 Å². The first-order valence-corrected chi connectivity index (χ1v) is 9.80. The molecule has 144 valence electrons. The molecular weight excluding hydrogens is 370 g/mol. The summed E-state index contributed by atoms with van der Waals surface area (Å²) >= 11 is 6.03. The summed E-state index contributed by atoms with van der Waals surface area (Å²) in [5, 5.41) is 4.08. The molecule has 0 unspecified atom stereocenters. The monoisotopic (exact) mass is 393 g/mol. The summed E-state index contributed by atoms with van der Waals surface area (Å²) in [6, 6.07) is 19.7. The van der Waals surface area contributed by atoms with Crippen molar-refractivity contribution in [2.45, 2.75) is 19.9 Å². The summed E-state index contributed by atoms with van der Waals surface area (Å²) in [7, 11) is 0. The van der Waals surface area contributed by atoms with Gasteiger partial charge in [-0.25, -0.2) is 0 Å². The van der Waals surface area contributed by atoms with Crippen LogP contribution >= 0.6 is 11.6 Å². The van der Waals surface area contributed by atoms with Gasteiger partial charge in [0.1, 0.15) is 0 Å². The fraction of sp³-hybridized carbons (Fsp3) is 0.217. The maximum absolute atomic E-state index is 12.9. The van der Waals surface area contributed by atoms with Gasteiger partial charge in [-0.05, 0) is 42.7 Å². The molecule has 0 saturated carbocycles. The molecule has 0 aliphatic carbocycles. The molecule has 0 radical (unpaired) electrons. The van der Waals surface area contributed by atoms with Gasteiger partial charge in [-0.15, -0.1) is 0 Å². The molecule has 1 N–H and O–H groups in total. The highest BCUT2D eigenvalue weighted by atomic mass is 35.5. The molecule has 0 saturated heterocycles. The number of aromatic nitrogens is 1. The number of nitrogens with zero attached hydrogens (tertiary/aromatic N) is 2. The van der Waals surface area contributed by atoms with Crippen molar-refractivity contribution in [2.75, 3.05) is 18.4 Å². The van der Waals surface area contributed by atoms with Gasteiger partial charge in [0.25, 0.3) is 5.91 Å². The SMILES string of the molecule is CCN(Cc1ccccc1)C(=O)c1cncc(NCCc2cccc(Cl)c2)c1. The number of benzene rings is 2. The van der Waals surface area contributed by atoms with Crippen molar-refractivity contribution >= 4 is 23.2 Å². The number of hydrogen-bond acceptors (Lipinski definition) is 3. The Morgan fingerprint density at radius 2 is 1.82 bits per heavy atom. The van der Waals surface area contributed by atoms with E-state index in [4.69, 9.17) is 11.6 Å². The number of pyridine rings is 1. The molecule has 0 aliphatic rings. The average molecular weight is 394 g/mol. The van der Waals surface area contributed by atoms with Crippen LogP contribution in [0.2, 0.25) is 5.02 Å². The predicted octanol–water partition coefficient (Wildman–Crippen LogP) is 5.05. The van der Waals surface area contributed by atoms with Crippen molar-refractivity contribution in [1.82, 2.24) is 9.88 Å². The first-order chi connectivity index (χ1) is 13.7. The third-order valence-electron chi connectivity index (χ3n) is 4.50. The Kier molecular flexibility index (Phi) is 7.04.